The van der Waals surface area contributed by atoms with Gasteiger partial charge in [0.2, 0.25) is 0 Å². The highest BCUT2D eigenvalue weighted by atomic mass is 35.5. The molecular formula is C18H23ClN2O2. The van der Waals surface area contributed by atoms with Crippen LogP contribution in [0.15, 0.2) is 42.5 Å². The van der Waals surface area contributed by atoms with Crippen LogP contribution < -0.4 is 20.1 Å². The average Bonchev–Trinajstić information content (AvgIpc) is 2.59. The summed E-state index contributed by atoms with van der Waals surface area (Å²) in [5.41, 5.74) is 2.23. The molecule has 0 aromatic heterocycles. The molecule has 0 aliphatic rings. The van der Waals surface area contributed by atoms with Crippen molar-refractivity contribution in [2.24, 2.45) is 0 Å². The SMILES string of the molecule is COc1ccc(CNCCNCc2ccccc2Cl)c(OC)c1. The minimum absolute atomic E-state index is 0.751. The zero-order valence-electron chi connectivity index (χ0n) is 13.6. The molecule has 0 aliphatic carbocycles. The van der Waals surface area contributed by atoms with Gasteiger partial charge in [0.15, 0.2) is 0 Å². The van der Waals surface area contributed by atoms with Crippen LogP contribution in [-0.2, 0) is 13.1 Å². The molecule has 2 aromatic carbocycles. The Kier molecular flexibility index (Phi) is 7.20. The van der Waals surface area contributed by atoms with Crippen molar-refractivity contribution in [1.82, 2.24) is 10.6 Å². The number of hydrogen-bond acceptors (Lipinski definition) is 4. The fourth-order valence-electron chi connectivity index (χ4n) is 2.26. The molecule has 23 heavy (non-hydrogen) atoms. The molecule has 124 valence electrons. The molecule has 0 bridgehead atoms. The molecule has 0 amide bonds. The number of hydrogen-bond donors (Lipinski definition) is 2. The molecule has 0 spiro atoms. The first-order chi connectivity index (χ1) is 11.2. The van der Waals surface area contributed by atoms with Crippen molar-refractivity contribution in [3.05, 3.63) is 58.6 Å². The first kappa shape index (κ1) is 17.6. The predicted octanol–water partition coefficient (Wildman–Crippen LogP) is 3.24. The molecule has 5 heteroatoms. The second-order valence-corrected chi connectivity index (χ2v) is 5.53. The van der Waals surface area contributed by atoms with Gasteiger partial charge >= 0.3 is 0 Å². The Bertz CT molecular complexity index is 620. The van der Waals surface area contributed by atoms with Gasteiger partial charge in [-0.05, 0) is 17.7 Å². The summed E-state index contributed by atoms with van der Waals surface area (Å²) in [6.45, 7) is 3.25. The van der Waals surface area contributed by atoms with Gasteiger partial charge < -0.3 is 20.1 Å². The maximum Gasteiger partial charge on any atom is 0.127 e. The minimum atomic E-state index is 0.751. The van der Waals surface area contributed by atoms with E-state index in [0.717, 1.165) is 53.8 Å². The van der Waals surface area contributed by atoms with Crippen LogP contribution >= 0.6 is 11.6 Å². The summed E-state index contributed by atoms with van der Waals surface area (Å²) in [4.78, 5) is 0. The van der Waals surface area contributed by atoms with E-state index in [0.29, 0.717) is 0 Å². The van der Waals surface area contributed by atoms with E-state index in [1.54, 1.807) is 14.2 Å². The maximum atomic E-state index is 6.12. The van der Waals surface area contributed by atoms with E-state index in [-0.39, 0.29) is 0 Å². The normalized spacial score (nSPS) is 10.6. The van der Waals surface area contributed by atoms with Gasteiger partial charge in [0.05, 0.1) is 14.2 Å². The molecule has 2 rings (SSSR count). The summed E-state index contributed by atoms with van der Waals surface area (Å²) in [5, 5.41) is 7.58. The van der Waals surface area contributed by atoms with Crippen LogP contribution in [0.25, 0.3) is 0 Å². The zero-order valence-corrected chi connectivity index (χ0v) is 14.3. The highest BCUT2D eigenvalue weighted by molar-refractivity contribution is 6.31. The van der Waals surface area contributed by atoms with E-state index >= 15 is 0 Å². The van der Waals surface area contributed by atoms with Gasteiger partial charge in [-0.3, -0.25) is 0 Å². The molecule has 2 aromatic rings. The molecule has 4 nitrogen and oxygen atoms in total. The standard InChI is InChI=1S/C18H23ClN2O2/c1-22-16-8-7-15(18(11-16)23-2)13-21-10-9-20-12-14-5-3-4-6-17(14)19/h3-8,11,20-21H,9-10,12-13H2,1-2H3. The monoisotopic (exact) mass is 334 g/mol. The van der Waals surface area contributed by atoms with E-state index in [4.69, 9.17) is 21.1 Å². The predicted molar refractivity (Wildman–Crippen MR) is 94.4 cm³/mol. The highest BCUT2D eigenvalue weighted by Crippen LogP contribution is 2.24. The molecule has 0 radical (unpaired) electrons. The molecule has 2 N–H and O–H groups in total. The molecule has 0 fully saturated rings. The number of nitrogens with one attached hydrogen (secondary N) is 2. The van der Waals surface area contributed by atoms with Gasteiger partial charge in [-0.2, -0.15) is 0 Å². The number of benzene rings is 2. The molecule has 0 unspecified atom stereocenters. The first-order valence-corrected chi connectivity index (χ1v) is 7.98. The van der Waals surface area contributed by atoms with Crippen molar-refractivity contribution in [3.8, 4) is 11.5 Å². The van der Waals surface area contributed by atoms with Gasteiger partial charge in [-0.1, -0.05) is 35.9 Å². The molecule has 0 saturated carbocycles. The van der Waals surface area contributed by atoms with E-state index < -0.39 is 0 Å². The molecule has 0 atom stereocenters. The number of halogens is 1. The first-order valence-electron chi connectivity index (χ1n) is 7.60. The van der Waals surface area contributed by atoms with Gasteiger partial charge in [-0.15, -0.1) is 0 Å². The second kappa shape index (κ2) is 9.40. The Morgan fingerprint density at radius 3 is 2.22 bits per heavy atom. The minimum Gasteiger partial charge on any atom is -0.497 e. The van der Waals surface area contributed by atoms with Crippen molar-refractivity contribution in [1.29, 1.82) is 0 Å². The lowest BCUT2D eigenvalue weighted by atomic mass is 10.2. The Morgan fingerprint density at radius 2 is 1.57 bits per heavy atom. The third kappa shape index (κ3) is 5.43. The van der Waals surface area contributed by atoms with Crippen LogP contribution in [0, 0.1) is 0 Å². The van der Waals surface area contributed by atoms with Crippen LogP contribution in [0.4, 0.5) is 0 Å². The highest BCUT2D eigenvalue weighted by Gasteiger charge is 2.04. The van der Waals surface area contributed by atoms with Crippen molar-refractivity contribution < 1.29 is 9.47 Å². The third-order valence-corrected chi connectivity index (χ3v) is 3.93. The largest absolute Gasteiger partial charge is 0.497 e. The lowest BCUT2D eigenvalue weighted by molar-refractivity contribution is 0.390. The third-order valence-electron chi connectivity index (χ3n) is 3.56. The van der Waals surface area contributed by atoms with Crippen molar-refractivity contribution in [3.63, 3.8) is 0 Å². The Labute approximate surface area is 142 Å². The van der Waals surface area contributed by atoms with Crippen LogP contribution in [0.2, 0.25) is 5.02 Å². The fraction of sp³-hybridized carbons (Fsp3) is 0.333. The Hall–Kier alpha value is -1.75. The molecular weight excluding hydrogens is 312 g/mol. The molecule has 0 saturated heterocycles. The van der Waals surface area contributed by atoms with Gasteiger partial charge in [0.25, 0.3) is 0 Å². The second-order valence-electron chi connectivity index (χ2n) is 5.12. The van der Waals surface area contributed by atoms with Crippen molar-refractivity contribution in [2.75, 3.05) is 27.3 Å². The van der Waals surface area contributed by atoms with Crippen molar-refractivity contribution in [2.45, 2.75) is 13.1 Å². The number of ether oxygens (including phenoxy) is 2. The van der Waals surface area contributed by atoms with Gasteiger partial charge in [-0.25, -0.2) is 0 Å². The summed E-state index contributed by atoms with van der Waals surface area (Å²) < 4.78 is 10.6. The maximum absolute atomic E-state index is 6.12. The topological polar surface area (TPSA) is 42.5 Å². The van der Waals surface area contributed by atoms with Gasteiger partial charge in [0, 0.05) is 42.8 Å². The molecule has 0 aliphatic heterocycles. The lowest BCUT2D eigenvalue weighted by Gasteiger charge is -2.12. The van der Waals surface area contributed by atoms with Crippen LogP contribution in [0.5, 0.6) is 11.5 Å². The van der Waals surface area contributed by atoms with Crippen LogP contribution in [0.1, 0.15) is 11.1 Å². The number of rotatable bonds is 9. The summed E-state index contributed by atoms with van der Waals surface area (Å²) in [7, 11) is 3.32. The van der Waals surface area contributed by atoms with E-state index in [1.807, 2.05) is 42.5 Å². The van der Waals surface area contributed by atoms with Crippen LogP contribution in [-0.4, -0.2) is 27.3 Å². The summed E-state index contributed by atoms with van der Waals surface area (Å²) in [5.74, 6) is 1.63. The molecule has 0 heterocycles. The van der Waals surface area contributed by atoms with E-state index in [1.165, 1.54) is 0 Å². The van der Waals surface area contributed by atoms with Crippen molar-refractivity contribution >= 4 is 11.6 Å². The summed E-state index contributed by atoms with van der Waals surface area (Å²) >= 11 is 6.12. The Morgan fingerprint density at radius 1 is 0.870 bits per heavy atom. The van der Waals surface area contributed by atoms with Crippen LogP contribution in [0.3, 0.4) is 0 Å². The van der Waals surface area contributed by atoms with Gasteiger partial charge in [0.1, 0.15) is 11.5 Å². The average molecular weight is 335 g/mol. The van der Waals surface area contributed by atoms with E-state index in [2.05, 4.69) is 10.6 Å². The fourth-order valence-corrected chi connectivity index (χ4v) is 2.47. The quantitative estimate of drug-likeness (QED) is 0.691. The summed E-state index contributed by atoms with van der Waals surface area (Å²) in [6.07, 6.45) is 0. The zero-order chi connectivity index (χ0) is 16.5. The lowest BCUT2D eigenvalue weighted by Crippen LogP contribution is -2.27. The Balaban J connectivity index is 1.70. The summed E-state index contributed by atoms with van der Waals surface area (Å²) in [6, 6.07) is 13.7. The number of methoxy groups -OCH3 is 2. The smallest absolute Gasteiger partial charge is 0.127 e. The van der Waals surface area contributed by atoms with E-state index in [9.17, 15) is 0 Å².